The fraction of sp³-hybridized carbons (Fsp3) is 0.947. The number of ether oxygens (including phenoxy) is 1. The molecule has 2 N–H and O–H groups in total. The van der Waals surface area contributed by atoms with E-state index in [1.54, 1.807) is 0 Å². The minimum absolute atomic E-state index is 0.110. The van der Waals surface area contributed by atoms with Gasteiger partial charge in [-0.25, -0.2) is 0 Å². The van der Waals surface area contributed by atoms with Crippen LogP contribution in [0.25, 0.3) is 0 Å². The van der Waals surface area contributed by atoms with Gasteiger partial charge in [0.2, 0.25) is 5.91 Å². The van der Waals surface area contributed by atoms with Gasteiger partial charge >= 0.3 is 0 Å². The molecule has 0 aromatic rings. The first-order chi connectivity index (χ1) is 11.6. The minimum Gasteiger partial charge on any atom is -0.383 e. The quantitative estimate of drug-likeness (QED) is 0.745. The van der Waals surface area contributed by atoms with Gasteiger partial charge in [0.05, 0.1) is 12.7 Å². The molecule has 0 unspecified atom stereocenters. The Morgan fingerprint density at radius 1 is 1.17 bits per heavy atom. The number of piperidine rings is 1. The number of nitrogens with one attached hydrogen (secondary N) is 1. The summed E-state index contributed by atoms with van der Waals surface area (Å²) in [6, 6.07) is 0.326. The third kappa shape index (κ3) is 5.17. The van der Waals surface area contributed by atoms with Crippen LogP contribution >= 0.6 is 0 Å². The van der Waals surface area contributed by atoms with Crippen molar-refractivity contribution in [2.24, 2.45) is 11.8 Å². The summed E-state index contributed by atoms with van der Waals surface area (Å²) in [5.41, 5.74) is 0. The number of amides is 1. The van der Waals surface area contributed by atoms with E-state index in [9.17, 15) is 9.90 Å². The van der Waals surface area contributed by atoms with Gasteiger partial charge < -0.3 is 20.1 Å². The van der Waals surface area contributed by atoms with Crippen molar-refractivity contribution in [1.29, 1.82) is 0 Å². The third-order valence-electron chi connectivity index (χ3n) is 6.04. The number of aliphatic hydroxyl groups is 1. The lowest BCUT2D eigenvalue weighted by atomic mass is 9.88. The van der Waals surface area contributed by atoms with Crippen molar-refractivity contribution >= 4 is 5.91 Å². The molecule has 0 aromatic carbocycles. The summed E-state index contributed by atoms with van der Waals surface area (Å²) < 4.78 is 6.11. The van der Waals surface area contributed by atoms with Gasteiger partial charge in [-0.3, -0.25) is 4.79 Å². The number of carbonyl (C=O) groups is 1. The zero-order valence-corrected chi connectivity index (χ0v) is 15.1. The molecule has 0 bridgehead atoms. The average molecular weight is 338 g/mol. The number of rotatable bonds is 7. The molecular weight excluding hydrogens is 304 g/mol. The van der Waals surface area contributed by atoms with E-state index in [2.05, 4.69) is 17.1 Å². The van der Waals surface area contributed by atoms with Gasteiger partial charge in [0.25, 0.3) is 0 Å². The molecule has 2 saturated carbocycles. The molecule has 1 amide bonds. The first-order valence-corrected chi connectivity index (χ1v) is 9.96. The molecule has 5 heteroatoms. The molecule has 3 aliphatic rings. The number of hydrogen-bond acceptors (Lipinski definition) is 4. The second-order valence-corrected chi connectivity index (χ2v) is 8.08. The van der Waals surface area contributed by atoms with Crippen LogP contribution in [0.2, 0.25) is 0 Å². The Kier molecular flexibility index (Phi) is 6.53. The van der Waals surface area contributed by atoms with Crippen LogP contribution in [0.3, 0.4) is 0 Å². The number of nitrogens with zero attached hydrogens (tertiary/aromatic N) is 1. The molecule has 0 radical (unpaired) electrons. The summed E-state index contributed by atoms with van der Waals surface area (Å²) in [5.74, 6) is 0.648. The third-order valence-corrected chi connectivity index (χ3v) is 6.04. The predicted molar refractivity (Wildman–Crippen MR) is 93.7 cm³/mol. The fourth-order valence-electron chi connectivity index (χ4n) is 4.08. The Morgan fingerprint density at radius 2 is 1.88 bits per heavy atom. The molecule has 3 fully saturated rings. The van der Waals surface area contributed by atoms with Crippen molar-refractivity contribution in [1.82, 2.24) is 10.2 Å². The first-order valence-electron chi connectivity index (χ1n) is 9.96. The van der Waals surface area contributed by atoms with Crippen LogP contribution in [0.1, 0.15) is 58.3 Å². The summed E-state index contributed by atoms with van der Waals surface area (Å²) in [4.78, 5) is 14.4. The van der Waals surface area contributed by atoms with E-state index in [0.29, 0.717) is 18.1 Å². The molecule has 1 saturated heterocycles. The van der Waals surface area contributed by atoms with Crippen molar-refractivity contribution in [3.63, 3.8) is 0 Å². The standard InChI is InChI=1S/C19H34N2O3/c1-14-4-2-3-5-17(14)24-13-12-21-10-8-15(9-11-21)18(22)19(23)20-16-6-7-16/h14-18,22H,2-13H2,1H3,(H,20,23)/t14-,17-,18+/m1/s1. The van der Waals surface area contributed by atoms with Crippen LogP contribution in [-0.2, 0) is 9.53 Å². The Balaban J connectivity index is 1.30. The minimum atomic E-state index is -0.827. The van der Waals surface area contributed by atoms with Gasteiger partial charge in [-0.05, 0) is 63.5 Å². The van der Waals surface area contributed by atoms with Gasteiger partial charge in [0, 0.05) is 12.6 Å². The lowest BCUT2D eigenvalue weighted by molar-refractivity contribution is -0.133. The fourth-order valence-corrected chi connectivity index (χ4v) is 4.08. The highest BCUT2D eigenvalue weighted by Crippen LogP contribution is 2.27. The monoisotopic (exact) mass is 338 g/mol. The number of carbonyl (C=O) groups excluding carboxylic acids is 1. The van der Waals surface area contributed by atoms with E-state index in [1.165, 1.54) is 25.7 Å². The van der Waals surface area contributed by atoms with Crippen LogP contribution in [0.15, 0.2) is 0 Å². The van der Waals surface area contributed by atoms with Crippen molar-refractivity contribution in [3.8, 4) is 0 Å². The van der Waals surface area contributed by atoms with Gasteiger partial charge in [-0.1, -0.05) is 19.8 Å². The topological polar surface area (TPSA) is 61.8 Å². The Morgan fingerprint density at radius 3 is 2.54 bits per heavy atom. The number of aliphatic hydroxyl groups excluding tert-OH is 1. The maximum Gasteiger partial charge on any atom is 0.249 e. The van der Waals surface area contributed by atoms with Crippen molar-refractivity contribution in [2.45, 2.75) is 76.5 Å². The summed E-state index contributed by atoms with van der Waals surface area (Å²) in [7, 11) is 0. The highest BCUT2D eigenvalue weighted by Gasteiger charge is 2.33. The van der Waals surface area contributed by atoms with Gasteiger partial charge in [0.1, 0.15) is 6.10 Å². The van der Waals surface area contributed by atoms with E-state index in [0.717, 1.165) is 51.9 Å². The van der Waals surface area contributed by atoms with Crippen molar-refractivity contribution in [2.75, 3.05) is 26.2 Å². The van der Waals surface area contributed by atoms with Gasteiger partial charge in [-0.15, -0.1) is 0 Å². The number of hydrogen-bond donors (Lipinski definition) is 2. The molecule has 3 atom stereocenters. The van der Waals surface area contributed by atoms with Gasteiger partial charge in [0.15, 0.2) is 0 Å². The normalized spacial score (nSPS) is 30.9. The van der Waals surface area contributed by atoms with Crippen LogP contribution in [-0.4, -0.2) is 60.4 Å². The lowest BCUT2D eigenvalue weighted by Gasteiger charge is -2.34. The summed E-state index contributed by atoms with van der Waals surface area (Å²) in [6.45, 7) is 6.01. The SMILES string of the molecule is C[C@@H]1CCCC[C@H]1OCCN1CCC([C@H](O)C(=O)NC2CC2)CC1. The average Bonchev–Trinajstić information content (AvgIpc) is 3.40. The van der Waals surface area contributed by atoms with E-state index >= 15 is 0 Å². The highest BCUT2D eigenvalue weighted by molar-refractivity contribution is 5.81. The molecule has 1 heterocycles. The van der Waals surface area contributed by atoms with Crippen LogP contribution in [0.4, 0.5) is 0 Å². The van der Waals surface area contributed by atoms with Crippen molar-refractivity contribution in [3.05, 3.63) is 0 Å². The zero-order chi connectivity index (χ0) is 16.9. The maximum atomic E-state index is 12.0. The van der Waals surface area contributed by atoms with Crippen LogP contribution < -0.4 is 5.32 Å². The van der Waals surface area contributed by atoms with E-state index in [4.69, 9.17) is 4.74 Å². The molecule has 0 spiro atoms. The molecule has 2 aliphatic carbocycles. The maximum absolute atomic E-state index is 12.0. The molecule has 138 valence electrons. The molecule has 24 heavy (non-hydrogen) atoms. The smallest absolute Gasteiger partial charge is 0.249 e. The predicted octanol–water partition coefficient (Wildman–Crippen LogP) is 1.93. The van der Waals surface area contributed by atoms with Crippen LogP contribution in [0.5, 0.6) is 0 Å². The summed E-state index contributed by atoms with van der Waals surface area (Å²) in [6.07, 6.45) is 8.73. The first kappa shape index (κ1) is 18.2. The molecule has 0 aromatic heterocycles. The summed E-state index contributed by atoms with van der Waals surface area (Å²) >= 11 is 0. The molecular formula is C19H34N2O3. The summed E-state index contributed by atoms with van der Waals surface area (Å²) in [5, 5.41) is 13.1. The Bertz CT molecular complexity index is 405. The van der Waals surface area contributed by atoms with E-state index < -0.39 is 6.10 Å². The zero-order valence-electron chi connectivity index (χ0n) is 15.1. The van der Waals surface area contributed by atoms with Gasteiger partial charge in [-0.2, -0.15) is 0 Å². The lowest BCUT2D eigenvalue weighted by Crippen LogP contribution is -2.45. The number of likely N-dealkylation sites (tertiary alicyclic amines) is 1. The largest absolute Gasteiger partial charge is 0.383 e. The van der Waals surface area contributed by atoms with E-state index in [-0.39, 0.29) is 11.8 Å². The highest BCUT2D eigenvalue weighted by atomic mass is 16.5. The van der Waals surface area contributed by atoms with Crippen molar-refractivity contribution < 1.29 is 14.6 Å². The Hall–Kier alpha value is -0.650. The second-order valence-electron chi connectivity index (χ2n) is 8.08. The van der Waals surface area contributed by atoms with E-state index in [1.807, 2.05) is 0 Å². The van der Waals surface area contributed by atoms with Crippen LogP contribution in [0, 0.1) is 11.8 Å². The molecule has 1 aliphatic heterocycles. The second kappa shape index (κ2) is 8.63. The molecule has 5 nitrogen and oxygen atoms in total. The molecule has 3 rings (SSSR count). The Labute approximate surface area is 146 Å².